The summed E-state index contributed by atoms with van der Waals surface area (Å²) < 4.78 is 0. The van der Waals surface area contributed by atoms with Crippen molar-refractivity contribution in [3.63, 3.8) is 0 Å². The Morgan fingerprint density at radius 2 is 1.77 bits per heavy atom. The van der Waals surface area contributed by atoms with Gasteiger partial charge in [0.1, 0.15) is 0 Å². The average Bonchev–Trinajstić information content (AvgIpc) is 2.62. The Morgan fingerprint density at radius 3 is 2.35 bits per heavy atom. The predicted octanol–water partition coefficient (Wildman–Crippen LogP) is 3.04. The molecule has 0 saturated carbocycles. The highest BCUT2D eigenvalue weighted by Crippen LogP contribution is 2.19. The predicted molar refractivity (Wildman–Crippen MR) is 98.3 cm³/mol. The first-order chi connectivity index (χ1) is 12.3. The summed E-state index contributed by atoms with van der Waals surface area (Å²) in [7, 11) is 0. The lowest BCUT2D eigenvalue weighted by Crippen LogP contribution is -2.32. The van der Waals surface area contributed by atoms with E-state index < -0.39 is 16.7 Å². The molecule has 134 valence electrons. The molecule has 8 nitrogen and oxygen atoms in total. The summed E-state index contributed by atoms with van der Waals surface area (Å²) in [5, 5.41) is 17.3. The molecule has 0 fully saturated rings. The fourth-order valence-corrected chi connectivity index (χ4v) is 2.11. The number of nitrogens with one attached hydrogen (secondary N) is 2. The minimum atomic E-state index is -0.956. The minimum absolute atomic E-state index is 0.0540. The lowest BCUT2D eigenvalue weighted by Gasteiger charge is -2.06. The quantitative estimate of drug-likeness (QED) is 0.370. The normalized spacial score (nSPS) is 11.0. The summed E-state index contributed by atoms with van der Waals surface area (Å²) in [5.41, 5.74) is 4.27. The number of non-ortho nitro benzene ring substituents is 1. The Balaban J connectivity index is 1.99. The van der Waals surface area contributed by atoms with E-state index in [4.69, 9.17) is 11.6 Å². The van der Waals surface area contributed by atoms with Crippen LogP contribution in [0.15, 0.2) is 47.6 Å². The van der Waals surface area contributed by atoms with Crippen molar-refractivity contribution in [2.75, 3.05) is 5.32 Å². The van der Waals surface area contributed by atoms with Crippen molar-refractivity contribution < 1.29 is 14.5 Å². The number of aryl methyl sites for hydroxylation is 1. The van der Waals surface area contributed by atoms with Gasteiger partial charge in [-0.2, -0.15) is 5.10 Å². The molecule has 0 atom stereocenters. The number of benzene rings is 2. The molecule has 2 aromatic rings. The summed E-state index contributed by atoms with van der Waals surface area (Å²) in [6.07, 6.45) is 0. The Kier molecular flexibility index (Phi) is 6.03. The molecule has 0 radical (unpaired) electrons. The maximum Gasteiger partial charge on any atom is 0.329 e. The van der Waals surface area contributed by atoms with Gasteiger partial charge < -0.3 is 5.32 Å². The molecule has 0 aliphatic heterocycles. The first-order valence-electron chi connectivity index (χ1n) is 7.44. The van der Waals surface area contributed by atoms with E-state index in [-0.39, 0.29) is 5.69 Å². The Morgan fingerprint density at radius 1 is 1.12 bits per heavy atom. The first-order valence-corrected chi connectivity index (χ1v) is 7.82. The van der Waals surface area contributed by atoms with E-state index in [0.717, 1.165) is 5.56 Å². The number of carbonyl (C=O) groups excluding carboxylic acids is 2. The number of halogens is 1. The van der Waals surface area contributed by atoms with E-state index in [0.29, 0.717) is 22.0 Å². The lowest BCUT2D eigenvalue weighted by atomic mass is 10.1. The van der Waals surface area contributed by atoms with Crippen LogP contribution >= 0.6 is 11.6 Å². The highest BCUT2D eigenvalue weighted by molar-refractivity contribution is 6.40. The van der Waals surface area contributed by atoms with Crippen molar-refractivity contribution in [3.8, 4) is 0 Å². The van der Waals surface area contributed by atoms with Gasteiger partial charge in [0.2, 0.25) is 0 Å². The third kappa shape index (κ3) is 4.87. The summed E-state index contributed by atoms with van der Waals surface area (Å²) in [5.74, 6) is -1.85. The molecule has 0 saturated heterocycles. The van der Waals surface area contributed by atoms with Crippen LogP contribution in [0, 0.1) is 17.0 Å². The number of hydrazone groups is 1. The number of hydrogen-bond donors (Lipinski definition) is 2. The minimum Gasteiger partial charge on any atom is -0.318 e. The van der Waals surface area contributed by atoms with E-state index in [1.54, 1.807) is 19.1 Å². The maximum atomic E-state index is 11.9. The van der Waals surface area contributed by atoms with Crippen LogP contribution in [-0.4, -0.2) is 22.4 Å². The second-order valence-electron chi connectivity index (χ2n) is 5.36. The van der Waals surface area contributed by atoms with Crippen molar-refractivity contribution in [2.45, 2.75) is 13.8 Å². The van der Waals surface area contributed by atoms with Gasteiger partial charge in [-0.25, -0.2) is 5.43 Å². The Labute approximate surface area is 154 Å². The fraction of sp³-hybridized carbons (Fsp3) is 0.118. The van der Waals surface area contributed by atoms with Crippen molar-refractivity contribution in [1.82, 2.24) is 5.43 Å². The zero-order chi connectivity index (χ0) is 19.3. The van der Waals surface area contributed by atoms with Crippen LogP contribution in [0.25, 0.3) is 0 Å². The van der Waals surface area contributed by atoms with Crippen LogP contribution in [0.5, 0.6) is 0 Å². The molecule has 0 bridgehead atoms. The molecule has 0 spiro atoms. The summed E-state index contributed by atoms with van der Waals surface area (Å²) in [4.78, 5) is 33.8. The topological polar surface area (TPSA) is 114 Å². The van der Waals surface area contributed by atoms with E-state index in [9.17, 15) is 19.7 Å². The number of nitro groups is 1. The van der Waals surface area contributed by atoms with Crippen molar-refractivity contribution in [2.24, 2.45) is 5.10 Å². The molecular formula is C17H15ClN4O4. The molecule has 0 aliphatic carbocycles. The zero-order valence-electron chi connectivity index (χ0n) is 13.9. The van der Waals surface area contributed by atoms with Crippen molar-refractivity contribution in [3.05, 3.63) is 68.7 Å². The van der Waals surface area contributed by atoms with Gasteiger partial charge in [-0.1, -0.05) is 17.7 Å². The molecule has 2 rings (SSSR count). The SMILES string of the molecule is C/C(=N\NC(=O)C(=O)Nc1ccc(C)c(Cl)c1)c1ccc([N+](=O)[O-])cc1. The molecule has 2 N–H and O–H groups in total. The number of nitro benzene ring substituents is 1. The zero-order valence-corrected chi connectivity index (χ0v) is 14.7. The van der Waals surface area contributed by atoms with Gasteiger partial charge >= 0.3 is 11.8 Å². The van der Waals surface area contributed by atoms with Crippen LogP contribution in [0.2, 0.25) is 5.02 Å². The number of amides is 2. The number of carbonyl (C=O) groups is 2. The van der Waals surface area contributed by atoms with E-state index >= 15 is 0 Å². The van der Waals surface area contributed by atoms with Gasteiger partial charge in [0.25, 0.3) is 5.69 Å². The van der Waals surface area contributed by atoms with Gasteiger partial charge in [0, 0.05) is 22.8 Å². The first kappa shape index (κ1) is 19.1. The molecule has 26 heavy (non-hydrogen) atoms. The van der Waals surface area contributed by atoms with Gasteiger partial charge in [0.15, 0.2) is 0 Å². The lowest BCUT2D eigenvalue weighted by molar-refractivity contribution is -0.384. The van der Waals surface area contributed by atoms with Crippen molar-refractivity contribution in [1.29, 1.82) is 0 Å². The van der Waals surface area contributed by atoms with Gasteiger partial charge in [-0.3, -0.25) is 19.7 Å². The van der Waals surface area contributed by atoms with E-state index in [2.05, 4.69) is 15.8 Å². The second kappa shape index (κ2) is 8.21. The second-order valence-corrected chi connectivity index (χ2v) is 5.77. The highest BCUT2D eigenvalue weighted by Gasteiger charge is 2.14. The Hall–Kier alpha value is -3.26. The van der Waals surface area contributed by atoms with E-state index in [1.165, 1.54) is 30.3 Å². The fourth-order valence-electron chi connectivity index (χ4n) is 1.93. The van der Waals surface area contributed by atoms with Crippen LogP contribution < -0.4 is 10.7 Å². The molecule has 0 aromatic heterocycles. The maximum absolute atomic E-state index is 11.9. The molecule has 0 unspecified atom stereocenters. The third-order valence-electron chi connectivity index (χ3n) is 3.46. The molecule has 2 amide bonds. The van der Waals surface area contributed by atoms with Crippen LogP contribution in [0.3, 0.4) is 0 Å². The highest BCUT2D eigenvalue weighted by atomic mass is 35.5. The molecule has 9 heteroatoms. The Bertz CT molecular complexity index is 894. The molecule has 0 aliphatic rings. The van der Waals surface area contributed by atoms with E-state index in [1.807, 2.05) is 6.92 Å². The summed E-state index contributed by atoms with van der Waals surface area (Å²) in [6, 6.07) is 10.5. The van der Waals surface area contributed by atoms with Gasteiger partial charge in [0.05, 0.1) is 10.6 Å². The molecule has 0 heterocycles. The van der Waals surface area contributed by atoms with Gasteiger partial charge in [-0.05, 0) is 49.2 Å². The number of nitrogens with zero attached hydrogens (tertiary/aromatic N) is 2. The summed E-state index contributed by atoms with van der Waals surface area (Å²) in [6.45, 7) is 3.41. The van der Waals surface area contributed by atoms with Crippen LogP contribution in [-0.2, 0) is 9.59 Å². The average molecular weight is 375 g/mol. The number of anilines is 1. The molecule has 2 aromatic carbocycles. The largest absolute Gasteiger partial charge is 0.329 e. The smallest absolute Gasteiger partial charge is 0.318 e. The summed E-state index contributed by atoms with van der Waals surface area (Å²) >= 11 is 5.96. The van der Waals surface area contributed by atoms with Crippen LogP contribution in [0.4, 0.5) is 11.4 Å². The standard InChI is InChI=1S/C17H15ClN4O4/c1-10-3-6-13(9-15(10)18)19-16(23)17(24)21-20-11(2)12-4-7-14(8-5-12)22(25)26/h3-9H,1-2H3,(H,19,23)(H,21,24)/b20-11+. The third-order valence-corrected chi connectivity index (χ3v) is 3.86. The number of rotatable bonds is 4. The van der Waals surface area contributed by atoms with Gasteiger partial charge in [-0.15, -0.1) is 0 Å². The number of hydrogen-bond acceptors (Lipinski definition) is 5. The molecular weight excluding hydrogens is 360 g/mol. The monoisotopic (exact) mass is 374 g/mol. The van der Waals surface area contributed by atoms with Crippen LogP contribution in [0.1, 0.15) is 18.1 Å². The van der Waals surface area contributed by atoms with Crippen molar-refractivity contribution >= 4 is 40.5 Å².